The van der Waals surface area contributed by atoms with Crippen LogP contribution in [0.3, 0.4) is 0 Å². The number of esters is 1. The lowest BCUT2D eigenvalue weighted by atomic mass is 9.86. The number of Topliss-reactive ketones (excluding diaryl/α,β-unsaturated/α-hetero) is 1. The molecule has 44 heavy (non-hydrogen) atoms. The zero-order chi connectivity index (χ0) is 32.3. The van der Waals surface area contributed by atoms with Crippen molar-refractivity contribution in [2.45, 2.75) is 129 Å². The topological polar surface area (TPSA) is 165 Å². The van der Waals surface area contributed by atoms with E-state index in [2.05, 4.69) is 17.1 Å². The lowest BCUT2D eigenvalue weighted by molar-refractivity contribution is -0.763. The van der Waals surface area contributed by atoms with Gasteiger partial charge in [-0.05, 0) is 68.4 Å². The number of benzene rings is 1. The molecule has 0 spiro atoms. The van der Waals surface area contributed by atoms with Crippen molar-refractivity contribution in [2.75, 3.05) is 0 Å². The largest absolute Gasteiger partial charge is 0.459 e. The summed E-state index contributed by atoms with van der Waals surface area (Å²) < 4.78 is 5.27. The number of nitrogens with one attached hydrogen (secondary N) is 1. The maximum Gasteiger partial charge on any atom is 0.328 e. The standard InChI is InChI=1S/C33H50N2O9/c1-3-4-5-6-9-15-27(36)18-19-29-28(30(37)21-31(29)38)16-10-7-8-11-17-32(39)34-24(2)33(40)43-22-25-13-12-14-26(20-25)23-44-35(41)42/h7,10,12-14,20,24,28-31,37-38H,3-6,8-9,11,15-19,21-23H2,1-2H3,(H,34,39)/b10-7-/t24?,28-,29-,30+,31-/m1/s1. The van der Waals surface area contributed by atoms with Gasteiger partial charge in [-0.3, -0.25) is 9.59 Å². The maximum absolute atomic E-state index is 12.3. The summed E-state index contributed by atoms with van der Waals surface area (Å²) in [4.78, 5) is 51.6. The molecule has 1 aromatic carbocycles. The molecule has 0 heterocycles. The van der Waals surface area contributed by atoms with Gasteiger partial charge in [0.15, 0.2) is 0 Å². The van der Waals surface area contributed by atoms with E-state index in [-0.39, 0.29) is 43.2 Å². The predicted octanol–water partition coefficient (Wildman–Crippen LogP) is 5.13. The number of allylic oxidation sites excluding steroid dienone is 2. The number of ketones is 1. The van der Waals surface area contributed by atoms with Crippen LogP contribution in [0.4, 0.5) is 0 Å². The molecular weight excluding hydrogens is 568 g/mol. The van der Waals surface area contributed by atoms with E-state index in [0.29, 0.717) is 56.1 Å². The molecule has 11 nitrogen and oxygen atoms in total. The Morgan fingerprint density at radius 1 is 1.00 bits per heavy atom. The molecule has 1 unspecified atom stereocenters. The molecule has 1 aliphatic carbocycles. The third-order valence-electron chi connectivity index (χ3n) is 8.13. The first-order chi connectivity index (χ1) is 21.1. The van der Waals surface area contributed by atoms with Gasteiger partial charge in [0.05, 0.1) is 12.2 Å². The number of rotatable bonds is 22. The Labute approximate surface area is 260 Å². The van der Waals surface area contributed by atoms with Crippen LogP contribution in [0.2, 0.25) is 0 Å². The molecule has 0 saturated heterocycles. The minimum atomic E-state index is -0.875. The summed E-state index contributed by atoms with van der Waals surface area (Å²) in [6.07, 6.45) is 12.3. The minimum absolute atomic E-state index is 0.0425. The Morgan fingerprint density at radius 2 is 1.70 bits per heavy atom. The van der Waals surface area contributed by atoms with Gasteiger partial charge in [0.2, 0.25) is 5.91 Å². The molecule has 1 aromatic rings. The molecule has 1 saturated carbocycles. The van der Waals surface area contributed by atoms with E-state index < -0.39 is 29.3 Å². The fourth-order valence-electron chi connectivity index (χ4n) is 5.62. The molecule has 0 aromatic heterocycles. The van der Waals surface area contributed by atoms with Gasteiger partial charge in [-0.15, -0.1) is 10.1 Å². The van der Waals surface area contributed by atoms with Crippen molar-refractivity contribution in [2.24, 2.45) is 11.8 Å². The van der Waals surface area contributed by atoms with Crippen LogP contribution < -0.4 is 5.32 Å². The SMILES string of the molecule is CCCCCCCC(=O)CC[C@@H]1[C@@H](C/C=C\CCCC(=O)NC(C)C(=O)OCc2cccc(CO[N+](=O)[O-])c2)[C@@H](O)C[C@H]1O. The van der Waals surface area contributed by atoms with Gasteiger partial charge < -0.3 is 25.1 Å². The number of carbonyl (C=O) groups excluding carboxylic acids is 3. The summed E-state index contributed by atoms with van der Waals surface area (Å²) in [5.41, 5.74) is 1.21. The van der Waals surface area contributed by atoms with E-state index >= 15 is 0 Å². The summed E-state index contributed by atoms with van der Waals surface area (Å²) in [7, 11) is 0. The average molecular weight is 619 g/mol. The number of amides is 1. The number of ether oxygens (including phenoxy) is 1. The van der Waals surface area contributed by atoms with Crippen molar-refractivity contribution >= 4 is 17.7 Å². The van der Waals surface area contributed by atoms with Crippen LogP contribution in [0.1, 0.15) is 108 Å². The summed E-state index contributed by atoms with van der Waals surface area (Å²) in [6, 6.07) is 5.86. The van der Waals surface area contributed by atoms with Gasteiger partial charge in [0.25, 0.3) is 5.09 Å². The van der Waals surface area contributed by atoms with Crippen molar-refractivity contribution in [3.8, 4) is 0 Å². The second kappa shape index (κ2) is 20.6. The first kappa shape index (κ1) is 36.9. The summed E-state index contributed by atoms with van der Waals surface area (Å²) >= 11 is 0. The monoisotopic (exact) mass is 618 g/mol. The first-order valence-corrected chi connectivity index (χ1v) is 15.9. The molecule has 0 aliphatic heterocycles. The van der Waals surface area contributed by atoms with E-state index in [1.807, 2.05) is 12.2 Å². The van der Waals surface area contributed by atoms with E-state index in [0.717, 1.165) is 19.3 Å². The molecule has 3 N–H and O–H groups in total. The third-order valence-corrected chi connectivity index (χ3v) is 8.13. The van der Waals surface area contributed by atoms with Crippen LogP contribution >= 0.6 is 0 Å². The molecule has 1 amide bonds. The second-order valence-corrected chi connectivity index (χ2v) is 11.8. The third kappa shape index (κ3) is 14.4. The fourth-order valence-corrected chi connectivity index (χ4v) is 5.62. The molecule has 11 heteroatoms. The maximum atomic E-state index is 12.3. The first-order valence-electron chi connectivity index (χ1n) is 15.9. The van der Waals surface area contributed by atoms with Crippen molar-refractivity contribution in [1.82, 2.24) is 5.32 Å². The molecular formula is C33H50N2O9. The lowest BCUT2D eigenvalue weighted by Gasteiger charge is -2.22. The number of hydrogen-bond donors (Lipinski definition) is 3. The number of aliphatic hydroxyl groups excluding tert-OH is 2. The average Bonchev–Trinajstić information content (AvgIpc) is 3.26. The normalized spacial score (nSPS) is 20.4. The van der Waals surface area contributed by atoms with Crippen LogP contribution in [0.15, 0.2) is 36.4 Å². The van der Waals surface area contributed by atoms with Gasteiger partial charge in [0, 0.05) is 19.3 Å². The summed E-state index contributed by atoms with van der Waals surface area (Å²) in [5, 5.41) is 33.1. The van der Waals surface area contributed by atoms with Crippen molar-refractivity contribution in [3.63, 3.8) is 0 Å². The molecule has 246 valence electrons. The van der Waals surface area contributed by atoms with Gasteiger partial charge in [-0.1, -0.05) is 69.0 Å². The molecule has 2 rings (SSSR count). The van der Waals surface area contributed by atoms with E-state index in [9.17, 15) is 34.7 Å². The lowest BCUT2D eigenvalue weighted by Crippen LogP contribution is -2.39. The van der Waals surface area contributed by atoms with Crippen LogP contribution in [0, 0.1) is 22.0 Å². The van der Waals surface area contributed by atoms with Crippen LogP contribution in [-0.4, -0.2) is 51.2 Å². The smallest absolute Gasteiger partial charge is 0.328 e. The molecule has 0 bridgehead atoms. The van der Waals surface area contributed by atoms with Crippen LogP contribution in [-0.2, 0) is 37.2 Å². The van der Waals surface area contributed by atoms with Crippen molar-refractivity contribution < 1.29 is 39.3 Å². The van der Waals surface area contributed by atoms with Gasteiger partial charge in [-0.2, -0.15) is 0 Å². The van der Waals surface area contributed by atoms with Gasteiger partial charge >= 0.3 is 5.97 Å². The summed E-state index contributed by atoms with van der Waals surface area (Å²) in [5.74, 6) is -0.822. The number of carbonyl (C=O) groups is 3. The van der Waals surface area contributed by atoms with Gasteiger partial charge in [0.1, 0.15) is 25.0 Å². The molecule has 0 radical (unpaired) electrons. The zero-order valence-electron chi connectivity index (χ0n) is 26.2. The molecule has 5 atom stereocenters. The highest BCUT2D eigenvalue weighted by Gasteiger charge is 2.40. The Balaban J connectivity index is 1.64. The number of nitrogens with zero attached hydrogens (tertiary/aromatic N) is 1. The minimum Gasteiger partial charge on any atom is -0.459 e. The number of unbranched alkanes of at least 4 members (excludes halogenated alkanes) is 5. The number of aliphatic hydroxyl groups is 2. The van der Waals surface area contributed by atoms with Crippen molar-refractivity contribution in [1.29, 1.82) is 0 Å². The van der Waals surface area contributed by atoms with E-state index in [4.69, 9.17) is 4.74 Å². The van der Waals surface area contributed by atoms with Crippen LogP contribution in [0.25, 0.3) is 0 Å². The van der Waals surface area contributed by atoms with Crippen LogP contribution in [0.5, 0.6) is 0 Å². The molecule has 1 aliphatic rings. The Morgan fingerprint density at radius 3 is 2.43 bits per heavy atom. The Kier molecular flexibility index (Phi) is 17.3. The highest BCUT2D eigenvalue weighted by atomic mass is 16.9. The van der Waals surface area contributed by atoms with Gasteiger partial charge in [-0.25, -0.2) is 4.79 Å². The van der Waals surface area contributed by atoms with E-state index in [1.54, 1.807) is 31.2 Å². The predicted molar refractivity (Wildman–Crippen MR) is 164 cm³/mol. The number of hydrogen-bond acceptors (Lipinski definition) is 9. The highest BCUT2D eigenvalue weighted by molar-refractivity contribution is 5.84. The zero-order valence-corrected chi connectivity index (χ0v) is 26.2. The molecule has 1 fully saturated rings. The Bertz CT molecular complexity index is 1080. The van der Waals surface area contributed by atoms with Crippen molar-refractivity contribution in [3.05, 3.63) is 57.7 Å². The highest BCUT2D eigenvalue weighted by Crippen LogP contribution is 2.38. The quantitative estimate of drug-likeness (QED) is 0.0525. The Hall–Kier alpha value is -3.31. The fraction of sp³-hybridized carbons (Fsp3) is 0.667. The summed E-state index contributed by atoms with van der Waals surface area (Å²) in [6.45, 7) is 3.46. The second-order valence-electron chi connectivity index (χ2n) is 11.8. The van der Waals surface area contributed by atoms with E-state index in [1.165, 1.54) is 12.8 Å².